The highest BCUT2D eigenvalue weighted by atomic mass is 16.1. The monoisotopic (exact) mass is 246 g/mol. The summed E-state index contributed by atoms with van der Waals surface area (Å²) >= 11 is 0. The van der Waals surface area contributed by atoms with E-state index >= 15 is 0 Å². The molecule has 0 aliphatic heterocycles. The quantitative estimate of drug-likeness (QED) is 0.678. The third-order valence-corrected chi connectivity index (χ3v) is 2.93. The summed E-state index contributed by atoms with van der Waals surface area (Å²) in [5.41, 5.74) is 2.24. The molecular weight excluding hydrogens is 222 g/mol. The Morgan fingerprint density at radius 1 is 1.17 bits per heavy atom. The molecule has 1 N–H and O–H groups in total. The fourth-order valence-electron chi connectivity index (χ4n) is 1.89. The topological polar surface area (TPSA) is 29.1 Å². The van der Waals surface area contributed by atoms with Gasteiger partial charge in [-0.2, -0.15) is 0 Å². The van der Waals surface area contributed by atoms with Crippen LogP contribution in [0, 0.1) is 6.92 Å². The molecule has 2 nitrogen and oxygen atoms in total. The minimum absolute atomic E-state index is 0.0979. The maximum atomic E-state index is 11.4. The Kier molecular flexibility index (Phi) is 7.16. The van der Waals surface area contributed by atoms with Crippen LogP contribution >= 0.6 is 0 Å². The molecule has 18 heavy (non-hydrogen) atoms. The van der Waals surface area contributed by atoms with Crippen LogP contribution in [0.5, 0.6) is 0 Å². The lowest BCUT2D eigenvalue weighted by Gasteiger charge is -2.06. The lowest BCUT2D eigenvalue weighted by Crippen LogP contribution is -2.10. The first kappa shape index (κ1) is 14.7. The van der Waals surface area contributed by atoms with Crippen LogP contribution in [-0.4, -0.2) is 5.91 Å². The van der Waals surface area contributed by atoms with Crippen LogP contribution in [0.3, 0.4) is 0 Å². The lowest BCUT2D eigenvalue weighted by atomic mass is 10.1. The van der Waals surface area contributed by atoms with Gasteiger partial charge in [-0.15, -0.1) is 0 Å². The van der Waals surface area contributed by atoms with E-state index in [4.69, 9.17) is 0 Å². The van der Waals surface area contributed by atoms with Crippen molar-refractivity contribution in [3.05, 3.63) is 36.8 Å². The molecule has 0 atom stereocenters. The third-order valence-electron chi connectivity index (χ3n) is 2.93. The number of amides is 1. The summed E-state index contributed by atoms with van der Waals surface area (Å²) in [7, 11) is 0. The molecule has 0 fully saturated rings. The van der Waals surface area contributed by atoms with Crippen molar-refractivity contribution in [1.82, 2.24) is 0 Å². The summed E-state index contributed by atoms with van der Waals surface area (Å²) in [4.78, 5) is 11.4. The predicted octanol–water partition coefficient (Wildman–Crippen LogP) is 4.36. The van der Waals surface area contributed by atoms with Crippen molar-refractivity contribution in [3.8, 4) is 0 Å². The number of hydrogen-bond acceptors (Lipinski definition) is 1. The van der Waals surface area contributed by atoms with E-state index < -0.39 is 0 Å². The Balaban J connectivity index is 2.35. The molecule has 1 radical (unpaired) electrons. The number of carbonyl (C=O) groups excluding carboxylic acids is 1. The SMILES string of the molecule is [CH2]CCCCCc1ccc(NC(=O)CCC)cc1. The van der Waals surface area contributed by atoms with Crippen LogP contribution in [0.1, 0.15) is 51.0 Å². The average molecular weight is 246 g/mol. The summed E-state index contributed by atoms with van der Waals surface area (Å²) < 4.78 is 0. The van der Waals surface area contributed by atoms with Gasteiger partial charge in [0.1, 0.15) is 0 Å². The van der Waals surface area contributed by atoms with Gasteiger partial charge in [-0.25, -0.2) is 0 Å². The normalized spacial score (nSPS) is 10.3. The molecule has 0 heterocycles. The molecule has 0 unspecified atom stereocenters. The fourth-order valence-corrected chi connectivity index (χ4v) is 1.89. The molecule has 1 aromatic rings. The van der Waals surface area contributed by atoms with Gasteiger partial charge in [-0.05, 0) is 37.0 Å². The molecule has 0 aromatic heterocycles. The smallest absolute Gasteiger partial charge is 0.224 e. The maximum Gasteiger partial charge on any atom is 0.224 e. The van der Waals surface area contributed by atoms with E-state index in [9.17, 15) is 4.79 Å². The molecule has 1 rings (SSSR count). The van der Waals surface area contributed by atoms with E-state index in [1.54, 1.807) is 0 Å². The number of nitrogens with one attached hydrogen (secondary N) is 1. The van der Waals surface area contributed by atoms with Crippen molar-refractivity contribution < 1.29 is 4.79 Å². The van der Waals surface area contributed by atoms with Crippen LogP contribution in [0.15, 0.2) is 24.3 Å². The molecule has 0 spiro atoms. The maximum absolute atomic E-state index is 11.4. The molecule has 99 valence electrons. The minimum Gasteiger partial charge on any atom is -0.326 e. The molecular formula is C16H24NO. The Morgan fingerprint density at radius 2 is 1.89 bits per heavy atom. The highest BCUT2D eigenvalue weighted by Crippen LogP contribution is 2.13. The van der Waals surface area contributed by atoms with Gasteiger partial charge in [0.05, 0.1) is 0 Å². The van der Waals surface area contributed by atoms with Gasteiger partial charge in [-0.1, -0.05) is 45.2 Å². The van der Waals surface area contributed by atoms with Crippen LogP contribution in [0.2, 0.25) is 0 Å². The highest BCUT2D eigenvalue weighted by Gasteiger charge is 2.00. The van der Waals surface area contributed by atoms with Crippen molar-refractivity contribution in [2.45, 2.75) is 51.9 Å². The highest BCUT2D eigenvalue weighted by molar-refractivity contribution is 5.90. The van der Waals surface area contributed by atoms with Gasteiger partial charge < -0.3 is 5.32 Å². The zero-order chi connectivity index (χ0) is 13.2. The van der Waals surface area contributed by atoms with E-state index in [-0.39, 0.29) is 5.91 Å². The van der Waals surface area contributed by atoms with E-state index in [1.807, 2.05) is 19.1 Å². The molecule has 0 aliphatic carbocycles. The number of carbonyl (C=O) groups is 1. The average Bonchev–Trinajstić information content (AvgIpc) is 2.37. The number of unbranched alkanes of at least 4 members (excludes halogenated alkanes) is 3. The first-order valence-corrected chi connectivity index (χ1v) is 6.94. The summed E-state index contributed by atoms with van der Waals surface area (Å²) in [5, 5.41) is 2.90. The molecule has 0 aliphatic rings. The van der Waals surface area contributed by atoms with E-state index in [2.05, 4.69) is 24.4 Å². The molecule has 2 heteroatoms. The Hall–Kier alpha value is -1.31. The summed E-state index contributed by atoms with van der Waals surface area (Å²) in [6.45, 7) is 5.85. The van der Waals surface area contributed by atoms with Crippen molar-refractivity contribution in [2.75, 3.05) is 5.32 Å². The summed E-state index contributed by atoms with van der Waals surface area (Å²) in [5.74, 6) is 0.0979. The Bertz CT molecular complexity index is 343. The predicted molar refractivity (Wildman–Crippen MR) is 77.5 cm³/mol. The number of benzene rings is 1. The number of rotatable bonds is 8. The largest absolute Gasteiger partial charge is 0.326 e. The van der Waals surface area contributed by atoms with E-state index in [1.165, 1.54) is 24.8 Å². The van der Waals surface area contributed by atoms with Crippen molar-refractivity contribution in [2.24, 2.45) is 0 Å². The van der Waals surface area contributed by atoms with Gasteiger partial charge in [0.15, 0.2) is 0 Å². The van der Waals surface area contributed by atoms with Gasteiger partial charge in [0, 0.05) is 12.1 Å². The second-order valence-electron chi connectivity index (χ2n) is 4.66. The van der Waals surface area contributed by atoms with Gasteiger partial charge >= 0.3 is 0 Å². The molecule has 0 bridgehead atoms. The Morgan fingerprint density at radius 3 is 2.50 bits per heavy atom. The van der Waals surface area contributed by atoms with Gasteiger partial charge in [-0.3, -0.25) is 4.79 Å². The van der Waals surface area contributed by atoms with Crippen LogP contribution in [0.4, 0.5) is 5.69 Å². The second-order valence-corrected chi connectivity index (χ2v) is 4.66. The van der Waals surface area contributed by atoms with Gasteiger partial charge in [0.2, 0.25) is 5.91 Å². The van der Waals surface area contributed by atoms with Crippen LogP contribution in [-0.2, 0) is 11.2 Å². The lowest BCUT2D eigenvalue weighted by molar-refractivity contribution is -0.116. The van der Waals surface area contributed by atoms with Crippen molar-refractivity contribution in [1.29, 1.82) is 0 Å². The first-order chi connectivity index (χ1) is 8.76. The molecule has 0 saturated carbocycles. The van der Waals surface area contributed by atoms with E-state index in [0.29, 0.717) is 6.42 Å². The zero-order valence-corrected chi connectivity index (χ0v) is 11.4. The number of hydrogen-bond donors (Lipinski definition) is 1. The number of aryl methyl sites for hydroxylation is 1. The van der Waals surface area contributed by atoms with Crippen molar-refractivity contribution in [3.63, 3.8) is 0 Å². The molecule has 0 saturated heterocycles. The minimum atomic E-state index is 0.0979. The van der Waals surface area contributed by atoms with Crippen molar-refractivity contribution >= 4 is 11.6 Å². The Labute approximate surface area is 111 Å². The summed E-state index contributed by atoms with van der Waals surface area (Å²) in [6.07, 6.45) is 7.30. The van der Waals surface area contributed by atoms with E-state index in [0.717, 1.165) is 24.9 Å². The van der Waals surface area contributed by atoms with Crippen LogP contribution < -0.4 is 5.32 Å². The number of anilines is 1. The molecule has 1 amide bonds. The third kappa shape index (κ3) is 5.85. The summed E-state index contributed by atoms with van der Waals surface area (Å²) in [6, 6.07) is 8.19. The second kappa shape index (κ2) is 8.73. The van der Waals surface area contributed by atoms with Crippen LogP contribution in [0.25, 0.3) is 0 Å². The first-order valence-electron chi connectivity index (χ1n) is 6.94. The van der Waals surface area contributed by atoms with Gasteiger partial charge in [0.25, 0.3) is 0 Å². The molecule has 1 aromatic carbocycles. The fraction of sp³-hybridized carbons (Fsp3) is 0.500. The standard InChI is InChI=1S/C16H24NO/c1-3-5-6-7-9-14-10-12-15(13-11-14)17-16(18)8-4-2/h10-13H,1,3-9H2,2H3,(H,17,18). The zero-order valence-electron chi connectivity index (χ0n) is 11.4.